The third kappa shape index (κ3) is 2.54. The molecular weight excluding hydrogens is 368 g/mol. The van der Waals surface area contributed by atoms with Crippen LogP contribution in [0.1, 0.15) is 10.4 Å². The van der Waals surface area contributed by atoms with Gasteiger partial charge in [0.2, 0.25) is 6.79 Å². The number of benzene rings is 2. The number of aromatic nitrogens is 2. The second-order valence-corrected chi connectivity index (χ2v) is 6.84. The van der Waals surface area contributed by atoms with Gasteiger partial charge in [-0.3, -0.25) is 9.69 Å². The van der Waals surface area contributed by atoms with Crippen molar-refractivity contribution in [1.29, 1.82) is 0 Å². The van der Waals surface area contributed by atoms with E-state index in [0.29, 0.717) is 46.8 Å². The molecule has 7 nitrogen and oxygen atoms in total. The lowest BCUT2D eigenvalue weighted by atomic mass is 10.1. The van der Waals surface area contributed by atoms with E-state index in [1.807, 2.05) is 36.2 Å². The Morgan fingerprint density at radius 1 is 1.07 bits per heavy atom. The first-order chi connectivity index (χ1) is 13.1. The zero-order chi connectivity index (χ0) is 18.5. The molecule has 1 amide bonds. The number of carbonyl (C=O) groups is 1. The van der Waals surface area contributed by atoms with Crippen molar-refractivity contribution in [3.05, 3.63) is 47.0 Å². The quantitative estimate of drug-likeness (QED) is 0.644. The van der Waals surface area contributed by atoms with E-state index >= 15 is 0 Å². The number of hydrogen-bond donors (Lipinski definition) is 0. The lowest BCUT2D eigenvalue weighted by Gasteiger charge is -2.33. The molecule has 0 unspecified atom stereocenters. The van der Waals surface area contributed by atoms with Crippen molar-refractivity contribution in [2.24, 2.45) is 0 Å². The van der Waals surface area contributed by atoms with E-state index in [0.717, 1.165) is 11.0 Å². The second kappa shape index (κ2) is 5.99. The highest BCUT2D eigenvalue weighted by Gasteiger charge is 2.30. The van der Waals surface area contributed by atoms with Crippen LogP contribution in [-0.4, -0.2) is 42.8 Å². The summed E-state index contributed by atoms with van der Waals surface area (Å²) in [4.78, 5) is 26.3. The number of carbonyl (C=O) groups excluding carboxylic acids is 1. The van der Waals surface area contributed by atoms with Gasteiger partial charge < -0.3 is 14.4 Å². The average Bonchev–Trinajstić information content (AvgIpc) is 3.16. The van der Waals surface area contributed by atoms with E-state index in [2.05, 4.69) is 0 Å². The van der Waals surface area contributed by atoms with Gasteiger partial charge >= 0.3 is 0 Å². The van der Waals surface area contributed by atoms with Gasteiger partial charge in [-0.05, 0) is 24.3 Å². The highest BCUT2D eigenvalue weighted by molar-refractivity contribution is 6.33. The Morgan fingerprint density at radius 2 is 1.81 bits per heavy atom. The third-order valence-electron chi connectivity index (χ3n) is 4.73. The predicted octanol–water partition coefficient (Wildman–Crippen LogP) is 3.11. The smallest absolute Gasteiger partial charge is 0.259 e. The van der Waals surface area contributed by atoms with Crippen molar-refractivity contribution in [2.75, 3.05) is 36.7 Å². The number of amides is 1. The van der Waals surface area contributed by atoms with Crippen LogP contribution in [0.4, 0.5) is 11.6 Å². The van der Waals surface area contributed by atoms with E-state index < -0.39 is 0 Å². The molecule has 0 fully saturated rings. The molecule has 3 aromatic rings. The molecule has 0 N–H and O–H groups in total. The summed E-state index contributed by atoms with van der Waals surface area (Å²) < 4.78 is 10.7. The maximum absolute atomic E-state index is 13.2. The molecule has 2 aromatic carbocycles. The molecular formula is C19H15ClN4O3. The molecule has 0 aliphatic carbocycles. The molecule has 2 aliphatic heterocycles. The largest absolute Gasteiger partial charge is 0.454 e. The van der Waals surface area contributed by atoms with Crippen LogP contribution in [0.25, 0.3) is 11.0 Å². The van der Waals surface area contributed by atoms with Gasteiger partial charge in [0.1, 0.15) is 0 Å². The number of rotatable bonds is 1. The number of ether oxygens (including phenoxy) is 2. The van der Waals surface area contributed by atoms with E-state index in [9.17, 15) is 4.79 Å². The van der Waals surface area contributed by atoms with Gasteiger partial charge in [-0.1, -0.05) is 23.7 Å². The molecule has 2 aliphatic rings. The standard InChI is InChI=1S/C19H15ClN4O3/c1-23-6-7-24(18-17(23)21-13-4-2-3-5-14(13)22-18)19(25)11-8-12(20)16-15(9-11)26-10-27-16/h2-5,8-9H,6-7,10H2,1H3. The molecule has 0 saturated carbocycles. The number of para-hydroxylation sites is 2. The van der Waals surface area contributed by atoms with Crippen LogP contribution in [0, 0.1) is 0 Å². The van der Waals surface area contributed by atoms with E-state index in [1.165, 1.54) is 0 Å². The summed E-state index contributed by atoms with van der Waals surface area (Å²) in [7, 11) is 1.95. The van der Waals surface area contributed by atoms with E-state index in [1.54, 1.807) is 17.0 Å². The van der Waals surface area contributed by atoms with Crippen LogP contribution in [0.5, 0.6) is 11.5 Å². The molecule has 27 heavy (non-hydrogen) atoms. The molecule has 0 radical (unpaired) electrons. The van der Waals surface area contributed by atoms with Crippen molar-refractivity contribution in [3.63, 3.8) is 0 Å². The number of fused-ring (bicyclic) bond motifs is 3. The Morgan fingerprint density at radius 3 is 2.59 bits per heavy atom. The van der Waals surface area contributed by atoms with Gasteiger partial charge in [-0.25, -0.2) is 9.97 Å². The Hall–Kier alpha value is -3.06. The summed E-state index contributed by atoms with van der Waals surface area (Å²) in [5.41, 5.74) is 1.96. The fourth-order valence-electron chi connectivity index (χ4n) is 3.32. The average molecular weight is 383 g/mol. The number of nitrogens with zero attached hydrogens (tertiary/aromatic N) is 4. The number of anilines is 2. The monoisotopic (exact) mass is 382 g/mol. The van der Waals surface area contributed by atoms with Crippen LogP contribution in [-0.2, 0) is 0 Å². The van der Waals surface area contributed by atoms with Gasteiger partial charge in [-0.2, -0.15) is 0 Å². The lowest BCUT2D eigenvalue weighted by Crippen LogP contribution is -2.43. The molecule has 0 atom stereocenters. The second-order valence-electron chi connectivity index (χ2n) is 6.43. The Labute approximate surface area is 160 Å². The topological polar surface area (TPSA) is 67.8 Å². The molecule has 1 aromatic heterocycles. The summed E-state index contributed by atoms with van der Waals surface area (Å²) in [5.74, 6) is 1.97. The Bertz CT molecular complexity index is 1090. The predicted molar refractivity (Wildman–Crippen MR) is 102 cm³/mol. The fourth-order valence-corrected chi connectivity index (χ4v) is 3.59. The summed E-state index contributed by atoms with van der Waals surface area (Å²) in [6, 6.07) is 10.9. The molecule has 0 bridgehead atoms. The molecule has 3 heterocycles. The van der Waals surface area contributed by atoms with Crippen molar-refractivity contribution >= 4 is 40.2 Å². The van der Waals surface area contributed by atoms with Gasteiger partial charge in [0.05, 0.1) is 16.1 Å². The van der Waals surface area contributed by atoms with Crippen LogP contribution in [0.3, 0.4) is 0 Å². The number of halogens is 1. The Kier molecular flexibility index (Phi) is 3.58. The minimum atomic E-state index is -0.200. The van der Waals surface area contributed by atoms with Gasteiger partial charge in [0, 0.05) is 25.7 Å². The first kappa shape index (κ1) is 16.1. The maximum Gasteiger partial charge on any atom is 0.259 e. The van der Waals surface area contributed by atoms with Gasteiger partial charge in [-0.15, -0.1) is 0 Å². The fraction of sp³-hybridized carbons (Fsp3) is 0.211. The minimum absolute atomic E-state index is 0.0987. The van der Waals surface area contributed by atoms with Crippen molar-refractivity contribution in [3.8, 4) is 11.5 Å². The van der Waals surface area contributed by atoms with E-state index in [4.69, 9.17) is 31.0 Å². The van der Waals surface area contributed by atoms with Crippen molar-refractivity contribution < 1.29 is 14.3 Å². The number of likely N-dealkylation sites (N-methyl/N-ethyl adjacent to an activating group) is 1. The van der Waals surface area contributed by atoms with Crippen molar-refractivity contribution in [1.82, 2.24) is 9.97 Å². The maximum atomic E-state index is 13.2. The van der Waals surface area contributed by atoms with Crippen LogP contribution >= 0.6 is 11.6 Å². The van der Waals surface area contributed by atoms with Crippen LogP contribution in [0.2, 0.25) is 5.02 Å². The summed E-state index contributed by atoms with van der Waals surface area (Å²) in [6.07, 6.45) is 0. The summed E-state index contributed by atoms with van der Waals surface area (Å²) in [5, 5.41) is 0.354. The third-order valence-corrected chi connectivity index (χ3v) is 5.01. The van der Waals surface area contributed by atoms with E-state index in [-0.39, 0.29) is 12.7 Å². The first-order valence-electron chi connectivity index (χ1n) is 8.51. The van der Waals surface area contributed by atoms with Crippen LogP contribution < -0.4 is 19.3 Å². The van der Waals surface area contributed by atoms with Crippen LogP contribution in [0.15, 0.2) is 36.4 Å². The zero-order valence-corrected chi connectivity index (χ0v) is 15.2. The Balaban J connectivity index is 1.60. The highest BCUT2D eigenvalue weighted by atomic mass is 35.5. The van der Waals surface area contributed by atoms with Gasteiger partial charge in [0.25, 0.3) is 5.91 Å². The van der Waals surface area contributed by atoms with Gasteiger partial charge in [0.15, 0.2) is 23.1 Å². The molecule has 136 valence electrons. The molecule has 0 saturated heterocycles. The molecule has 8 heteroatoms. The molecule has 5 rings (SSSR count). The minimum Gasteiger partial charge on any atom is -0.454 e. The summed E-state index contributed by atoms with van der Waals surface area (Å²) in [6.45, 7) is 1.26. The normalized spacial score (nSPS) is 15.2. The zero-order valence-electron chi connectivity index (χ0n) is 14.5. The first-order valence-corrected chi connectivity index (χ1v) is 8.88. The SMILES string of the molecule is CN1CCN(C(=O)c2cc(Cl)c3c(c2)OCO3)c2nc3ccccc3nc21. The lowest BCUT2D eigenvalue weighted by molar-refractivity contribution is 0.0985. The summed E-state index contributed by atoms with van der Waals surface area (Å²) >= 11 is 6.25. The van der Waals surface area contributed by atoms with Crippen molar-refractivity contribution in [2.45, 2.75) is 0 Å². The molecule has 0 spiro atoms. The number of hydrogen-bond acceptors (Lipinski definition) is 6. The highest BCUT2D eigenvalue weighted by Crippen LogP contribution is 2.40.